The van der Waals surface area contributed by atoms with Gasteiger partial charge in [-0.1, -0.05) is 22.0 Å². The minimum absolute atomic E-state index is 0.105. The van der Waals surface area contributed by atoms with E-state index in [4.69, 9.17) is 0 Å². The van der Waals surface area contributed by atoms with E-state index in [9.17, 15) is 4.39 Å². The van der Waals surface area contributed by atoms with Crippen molar-refractivity contribution in [3.63, 3.8) is 0 Å². The minimum atomic E-state index is -0.228. The second kappa shape index (κ2) is 6.22. The SMILES string of the molecule is Cc1cc(I)ccc1NC(C)c1ccc(F)cc1Br. The molecule has 1 unspecified atom stereocenters. The maximum absolute atomic E-state index is 13.1. The summed E-state index contributed by atoms with van der Waals surface area (Å²) in [5, 5.41) is 3.46. The van der Waals surface area contributed by atoms with Gasteiger partial charge in [0.15, 0.2) is 0 Å². The van der Waals surface area contributed by atoms with Gasteiger partial charge in [-0.3, -0.25) is 0 Å². The average Bonchev–Trinajstić information content (AvgIpc) is 2.32. The molecule has 0 aliphatic carbocycles. The lowest BCUT2D eigenvalue weighted by atomic mass is 10.1. The monoisotopic (exact) mass is 433 g/mol. The standard InChI is InChI=1S/C15H14BrFIN/c1-9-7-12(18)4-6-15(9)19-10(2)13-5-3-11(17)8-14(13)16/h3-8,10,19H,1-2H3. The van der Waals surface area contributed by atoms with Gasteiger partial charge >= 0.3 is 0 Å². The highest BCUT2D eigenvalue weighted by molar-refractivity contribution is 14.1. The number of hydrogen-bond donors (Lipinski definition) is 1. The van der Waals surface area contributed by atoms with Gasteiger partial charge in [-0.15, -0.1) is 0 Å². The summed E-state index contributed by atoms with van der Waals surface area (Å²) in [5.74, 6) is -0.228. The molecule has 0 saturated carbocycles. The van der Waals surface area contributed by atoms with Gasteiger partial charge in [0.05, 0.1) is 0 Å². The Bertz CT molecular complexity index is 601. The molecular formula is C15H14BrFIN. The van der Waals surface area contributed by atoms with Crippen molar-refractivity contribution in [1.29, 1.82) is 0 Å². The fourth-order valence-corrected chi connectivity index (χ4v) is 3.29. The van der Waals surface area contributed by atoms with Gasteiger partial charge in [0.2, 0.25) is 0 Å². The molecule has 1 nitrogen and oxygen atoms in total. The molecule has 1 N–H and O–H groups in total. The average molecular weight is 434 g/mol. The predicted octanol–water partition coefficient (Wildman–Crippen LogP) is 5.67. The Kier molecular flexibility index (Phi) is 4.84. The number of nitrogens with one attached hydrogen (secondary N) is 1. The molecule has 0 aliphatic rings. The van der Waals surface area contributed by atoms with E-state index in [2.05, 4.69) is 75.9 Å². The third kappa shape index (κ3) is 3.69. The normalized spacial score (nSPS) is 12.3. The molecule has 100 valence electrons. The molecule has 4 heteroatoms. The van der Waals surface area contributed by atoms with Crippen LogP contribution in [0.3, 0.4) is 0 Å². The molecule has 0 fully saturated rings. The van der Waals surface area contributed by atoms with E-state index >= 15 is 0 Å². The molecule has 0 saturated heterocycles. The highest BCUT2D eigenvalue weighted by atomic mass is 127. The number of benzene rings is 2. The zero-order valence-corrected chi connectivity index (χ0v) is 14.4. The Balaban J connectivity index is 2.23. The van der Waals surface area contributed by atoms with Gasteiger partial charge in [0.1, 0.15) is 5.82 Å². The molecular weight excluding hydrogens is 420 g/mol. The van der Waals surface area contributed by atoms with Crippen LogP contribution in [0.15, 0.2) is 40.9 Å². The van der Waals surface area contributed by atoms with Crippen LogP contribution >= 0.6 is 38.5 Å². The van der Waals surface area contributed by atoms with Crippen molar-refractivity contribution < 1.29 is 4.39 Å². The number of anilines is 1. The minimum Gasteiger partial charge on any atom is -0.378 e. The molecule has 0 aliphatic heterocycles. The van der Waals surface area contributed by atoms with Crippen molar-refractivity contribution in [3.8, 4) is 0 Å². The molecule has 0 amide bonds. The summed E-state index contributed by atoms with van der Waals surface area (Å²) in [4.78, 5) is 0. The van der Waals surface area contributed by atoms with E-state index in [1.165, 1.54) is 21.3 Å². The molecule has 0 spiro atoms. The highest BCUT2D eigenvalue weighted by Crippen LogP contribution is 2.28. The zero-order valence-electron chi connectivity index (χ0n) is 10.7. The third-order valence-electron chi connectivity index (χ3n) is 2.99. The third-order valence-corrected chi connectivity index (χ3v) is 4.35. The van der Waals surface area contributed by atoms with Crippen molar-refractivity contribution in [1.82, 2.24) is 0 Å². The van der Waals surface area contributed by atoms with Crippen LogP contribution in [-0.2, 0) is 0 Å². The van der Waals surface area contributed by atoms with Crippen LogP contribution in [-0.4, -0.2) is 0 Å². The second-order valence-corrected chi connectivity index (χ2v) is 6.59. The Morgan fingerprint density at radius 1 is 1.21 bits per heavy atom. The zero-order chi connectivity index (χ0) is 14.0. The first-order valence-electron chi connectivity index (χ1n) is 5.95. The summed E-state index contributed by atoms with van der Waals surface area (Å²) in [5.41, 5.74) is 3.35. The fraction of sp³-hybridized carbons (Fsp3) is 0.200. The van der Waals surface area contributed by atoms with E-state index < -0.39 is 0 Å². The van der Waals surface area contributed by atoms with Crippen molar-refractivity contribution >= 4 is 44.2 Å². The lowest BCUT2D eigenvalue weighted by molar-refractivity contribution is 0.625. The number of aryl methyl sites for hydroxylation is 1. The molecule has 2 aromatic rings. The van der Waals surface area contributed by atoms with Gasteiger partial charge in [-0.2, -0.15) is 0 Å². The molecule has 1 atom stereocenters. The van der Waals surface area contributed by atoms with Crippen LogP contribution in [0.2, 0.25) is 0 Å². The lowest BCUT2D eigenvalue weighted by Gasteiger charge is -2.19. The molecule has 2 aromatic carbocycles. The first-order chi connectivity index (χ1) is 8.97. The number of halogens is 3. The first-order valence-corrected chi connectivity index (χ1v) is 7.82. The van der Waals surface area contributed by atoms with E-state index in [0.717, 1.165) is 15.7 Å². The van der Waals surface area contributed by atoms with E-state index in [0.29, 0.717) is 0 Å². The van der Waals surface area contributed by atoms with Crippen LogP contribution in [0.25, 0.3) is 0 Å². The maximum atomic E-state index is 13.1. The molecule has 0 bridgehead atoms. The van der Waals surface area contributed by atoms with Gasteiger partial charge in [0, 0.05) is 19.8 Å². The Morgan fingerprint density at radius 2 is 1.95 bits per heavy atom. The Hall–Kier alpha value is -0.620. The van der Waals surface area contributed by atoms with Crippen LogP contribution in [0, 0.1) is 16.3 Å². The van der Waals surface area contributed by atoms with Gasteiger partial charge in [-0.25, -0.2) is 4.39 Å². The van der Waals surface area contributed by atoms with Gasteiger partial charge in [-0.05, 0) is 77.9 Å². The highest BCUT2D eigenvalue weighted by Gasteiger charge is 2.11. The van der Waals surface area contributed by atoms with Crippen molar-refractivity contribution in [2.75, 3.05) is 5.32 Å². The topological polar surface area (TPSA) is 12.0 Å². The van der Waals surface area contributed by atoms with Crippen molar-refractivity contribution in [2.45, 2.75) is 19.9 Å². The van der Waals surface area contributed by atoms with Crippen molar-refractivity contribution in [3.05, 3.63) is 61.4 Å². The summed E-state index contributed by atoms with van der Waals surface area (Å²) in [6, 6.07) is 11.2. The summed E-state index contributed by atoms with van der Waals surface area (Å²) in [7, 11) is 0. The van der Waals surface area contributed by atoms with Crippen LogP contribution in [0.4, 0.5) is 10.1 Å². The molecule has 19 heavy (non-hydrogen) atoms. The van der Waals surface area contributed by atoms with Crippen LogP contribution in [0.1, 0.15) is 24.1 Å². The van der Waals surface area contributed by atoms with Gasteiger partial charge < -0.3 is 5.32 Å². The largest absolute Gasteiger partial charge is 0.378 e. The summed E-state index contributed by atoms with van der Waals surface area (Å²) in [6.45, 7) is 4.15. The summed E-state index contributed by atoms with van der Waals surface area (Å²) < 4.78 is 15.1. The number of rotatable bonds is 3. The summed E-state index contributed by atoms with van der Waals surface area (Å²) >= 11 is 5.71. The summed E-state index contributed by atoms with van der Waals surface area (Å²) in [6.07, 6.45) is 0. The fourth-order valence-electron chi connectivity index (χ4n) is 1.95. The molecule has 0 radical (unpaired) electrons. The Labute approximate surface area is 134 Å². The second-order valence-electron chi connectivity index (χ2n) is 4.49. The van der Waals surface area contributed by atoms with E-state index in [1.54, 1.807) is 6.07 Å². The molecule has 2 rings (SSSR count). The van der Waals surface area contributed by atoms with E-state index in [1.807, 2.05) is 0 Å². The lowest BCUT2D eigenvalue weighted by Crippen LogP contribution is -2.08. The van der Waals surface area contributed by atoms with Crippen molar-refractivity contribution in [2.24, 2.45) is 0 Å². The number of hydrogen-bond acceptors (Lipinski definition) is 1. The van der Waals surface area contributed by atoms with E-state index in [-0.39, 0.29) is 11.9 Å². The maximum Gasteiger partial charge on any atom is 0.124 e. The molecule has 0 aromatic heterocycles. The first kappa shape index (κ1) is 14.8. The Morgan fingerprint density at radius 3 is 2.58 bits per heavy atom. The van der Waals surface area contributed by atoms with Crippen LogP contribution < -0.4 is 5.32 Å². The van der Waals surface area contributed by atoms with Crippen LogP contribution in [0.5, 0.6) is 0 Å². The van der Waals surface area contributed by atoms with Gasteiger partial charge in [0.25, 0.3) is 0 Å². The smallest absolute Gasteiger partial charge is 0.124 e. The molecule has 0 heterocycles. The quantitative estimate of drug-likeness (QED) is 0.614. The predicted molar refractivity (Wildman–Crippen MR) is 90.0 cm³/mol.